The molecular formula is C13H19NO3. The van der Waals surface area contributed by atoms with Crippen LogP contribution >= 0.6 is 0 Å². The lowest BCUT2D eigenvalue weighted by atomic mass is 10.1. The zero-order valence-electron chi connectivity index (χ0n) is 10.1. The Morgan fingerprint density at radius 3 is 2.18 bits per heavy atom. The minimum Gasteiger partial charge on any atom is -0.469 e. The summed E-state index contributed by atoms with van der Waals surface area (Å²) in [6.07, 6.45) is 5.69. The highest BCUT2D eigenvalue weighted by Crippen LogP contribution is 2.46. The lowest BCUT2D eigenvalue weighted by Gasteiger charge is -2.17. The van der Waals surface area contributed by atoms with E-state index >= 15 is 0 Å². The van der Waals surface area contributed by atoms with Crippen molar-refractivity contribution in [3.8, 4) is 0 Å². The molecule has 17 heavy (non-hydrogen) atoms. The molecule has 2 atom stereocenters. The van der Waals surface area contributed by atoms with E-state index in [9.17, 15) is 9.59 Å². The zero-order chi connectivity index (χ0) is 12.0. The molecule has 3 fully saturated rings. The van der Waals surface area contributed by atoms with Crippen LogP contribution in [-0.4, -0.2) is 25.0 Å². The van der Waals surface area contributed by atoms with Crippen molar-refractivity contribution in [3.05, 3.63) is 0 Å². The van der Waals surface area contributed by atoms with Crippen LogP contribution in [-0.2, 0) is 14.3 Å². The molecule has 2 unspecified atom stereocenters. The average Bonchev–Trinajstić information content (AvgIpc) is 3.18. The van der Waals surface area contributed by atoms with Crippen LogP contribution in [0.25, 0.3) is 0 Å². The largest absolute Gasteiger partial charge is 0.469 e. The SMILES string of the molecule is COC(=O)C1CC1C(=O)NC(C1CC1)C1CC1. The van der Waals surface area contributed by atoms with Crippen LogP contribution in [0, 0.1) is 23.7 Å². The van der Waals surface area contributed by atoms with Gasteiger partial charge in [-0.3, -0.25) is 9.59 Å². The summed E-state index contributed by atoms with van der Waals surface area (Å²) in [5.74, 6) is 0.953. The summed E-state index contributed by atoms with van der Waals surface area (Å²) in [6, 6.07) is 0.390. The number of hydrogen-bond donors (Lipinski definition) is 1. The van der Waals surface area contributed by atoms with Crippen LogP contribution in [0.4, 0.5) is 0 Å². The van der Waals surface area contributed by atoms with Gasteiger partial charge in [-0.2, -0.15) is 0 Å². The molecule has 0 aromatic carbocycles. The molecule has 0 aliphatic heterocycles. The molecular weight excluding hydrogens is 218 g/mol. The monoisotopic (exact) mass is 237 g/mol. The van der Waals surface area contributed by atoms with Gasteiger partial charge < -0.3 is 10.1 Å². The van der Waals surface area contributed by atoms with Gasteiger partial charge in [0, 0.05) is 6.04 Å². The summed E-state index contributed by atoms with van der Waals surface area (Å²) >= 11 is 0. The Morgan fingerprint density at radius 2 is 1.71 bits per heavy atom. The normalized spacial score (nSPS) is 31.2. The van der Waals surface area contributed by atoms with Crippen molar-refractivity contribution in [1.29, 1.82) is 0 Å². The maximum absolute atomic E-state index is 12.0. The van der Waals surface area contributed by atoms with Crippen LogP contribution in [0.3, 0.4) is 0 Å². The summed E-state index contributed by atoms with van der Waals surface area (Å²) in [7, 11) is 1.38. The van der Waals surface area contributed by atoms with E-state index in [1.165, 1.54) is 32.8 Å². The van der Waals surface area contributed by atoms with E-state index < -0.39 is 0 Å². The topological polar surface area (TPSA) is 55.4 Å². The first-order valence-corrected chi connectivity index (χ1v) is 6.59. The van der Waals surface area contributed by atoms with E-state index in [2.05, 4.69) is 10.1 Å². The number of methoxy groups -OCH3 is 1. The number of nitrogens with one attached hydrogen (secondary N) is 1. The maximum atomic E-state index is 12.0. The Morgan fingerprint density at radius 1 is 1.12 bits per heavy atom. The van der Waals surface area contributed by atoms with Crippen molar-refractivity contribution in [2.24, 2.45) is 23.7 Å². The molecule has 3 aliphatic carbocycles. The van der Waals surface area contributed by atoms with Gasteiger partial charge in [-0.05, 0) is 43.9 Å². The van der Waals surface area contributed by atoms with E-state index in [0.29, 0.717) is 24.3 Å². The summed E-state index contributed by atoms with van der Waals surface area (Å²) < 4.78 is 4.66. The highest BCUT2D eigenvalue weighted by atomic mass is 16.5. The second-order valence-corrected chi connectivity index (χ2v) is 5.68. The lowest BCUT2D eigenvalue weighted by molar-refractivity contribution is -0.143. The molecule has 0 aromatic heterocycles. The van der Waals surface area contributed by atoms with Crippen molar-refractivity contribution in [2.45, 2.75) is 38.1 Å². The van der Waals surface area contributed by atoms with Gasteiger partial charge in [-0.15, -0.1) is 0 Å². The van der Waals surface area contributed by atoms with Gasteiger partial charge in [0.25, 0.3) is 0 Å². The summed E-state index contributed by atoms with van der Waals surface area (Å²) in [4.78, 5) is 23.3. The third kappa shape index (κ3) is 2.31. The first-order valence-electron chi connectivity index (χ1n) is 6.59. The summed E-state index contributed by atoms with van der Waals surface area (Å²) in [5, 5.41) is 3.17. The third-order valence-electron chi connectivity index (χ3n) is 4.20. The molecule has 0 saturated heterocycles. The van der Waals surface area contributed by atoms with Crippen LogP contribution in [0.2, 0.25) is 0 Å². The van der Waals surface area contributed by atoms with Gasteiger partial charge in [0.15, 0.2) is 0 Å². The third-order valence-corrected chi connectivity index (χ3v) is 4.20. The van der Waals surface area contributed by atoms with Gasteiger partial charge in [0.2, 0.25) is 5.91 Å². The van der Waals surface area contributed by atoms with E-state index in [-0.39, 0.29) is 23.7 Å². The van der Waals surface area contributed by atoms with Crippen molar-refractivity contribution in [2.75, 3.05) is 7.11 Å². The van der Waals surface area contributed by atoms with Gasteiger partial charge in [-0.1, -0.05) is 0 Å². The predicted octanol–water partition coefficient (Wildman–Crippen LogP) is 1.10. The second-order valence-electron chi connectivity index (χ2n) is 5.68. The van der Waals surface area contributed by atoms with Crippen molar-refractivity contribution in [3.63, 3.8) is 0 Å². The number of esters is 1. The minimum absolute atomic E-state index is 0.0733. The minimum atomic E-state index is -0.237. The summed E-state index contributed by atoms with van der Waals surface area (Å²) in [6.45, 7) is 0. The zero-order valence-corrected chi connectivity index (χ0v) is 10.1. The van der Waals surface area contributed by atoms with E-state index in [1.54, 1.807) is 0 Å². The highest BCUT2D eigenvalue weighted by molar-refractivity contribution is 5.90. The highest BCUT2D eigenvalue weighted by Gasteiger charge is 2.51. The van der Waals surface area contributed by atoms with Crippen LogP contribution in [0.15, 0.2) is 0 Å². The van der Waals surface area contributed by atoms with Crippen LogP contribution < -0.4 is 5.32 Å². The van der Waals surface area contributed by atoms with Gasteiger partial charge in [-0.25, -0.2) is 0 Å². The molecule has 4 nitrogen and oxygen atoms in total. The van der Waals surface area contributed by atoms with Crippen molar-refractivity contribution >= 4 is 11.9 Å². The molecule has 94 valence electrons. The Balaban J connectivity index is 1.51. The van der Waals surface area contributed by atoms with Crippen molar-refractivity contribution < 1.29 is 14.3 Å². The quantitative estimate of drug-likeness (QED) is 0.728. The molecule has 3 aliphatic rings. The Labute approximate surface area is 101 Å². The molecule has 1 N–H and O–H groups in total. The number of ether oxygens (including phenoxy) is 1. The van der Waals surface area contributed by atoms with Crippen LogP contribution in [0.1, 0.15) is 32.1 Å². The Kier molecular flexibility index (Phi) is 2.60. The Hall–Kier alpha value is -1.06. The molecule has 0 bridgehead atoms. The smallest absolute Gasteiger partial charge is 0.309 e. The molecule has 0 aromatic rings. The van der Waals surface area contributed by atoms with E-state index in [0.717, 1.165) is 0 Å². The molecule has 4 heteroatoms. The molecule has 0 spiro atoms. The number of amides is 1. The fourth-order valence-corrected chi connectivity index (χ4v) is 2.70. The summed E-state index contributed by atoms with van der Waals surface area (Å²) in [5.41, 5.74) is 0. The van der Waals surface area contributed by atoms with E-state index in [1.807, 2.05) is 0 Å². The number of rotatable bonds is 5. The number of carbonyl (C=O) groups excluding carboxylic acids is 2. The first kappa shape index (κ1) is 11.1. The Bertz CT molecular complexity index is 335. The molecule has 3 rings (SSSR count). The average molecular weight is 237 g/mol. The maximum Gasteiger partial charge on any atom is 0.309 e. The predicted molar refractivity (Wildman–Crippen MR) is 61.0 cm³/mol. The van der Waals surface area contributed by atoms with Crippen LogP contribution in [0.5, 0.6) is 0 Å². The molecule has 0 heterocycles. The molecule has 3 saturated carbocycles. The molecule has 1 amide bonds. The fourth-order valence-electron chi connectivity index (χ4n) is 2.70. The van der Waals surface area contributed by atoms with Gasteiger partial charge in [0.1, 0.15) is 0 Å². The standard InChI is InChI=1S/C13H19NO3/c1-17-13(16)10-6-9(10)12(15)14-11(7-2-3-7)8-4-5-8/h7-11H,2-6H2,1H3,(H,14,15). The number of carbonyl (C=O) groups is 2. The van der Waals surface area contributed by atoms with Gasteiger partial charge in [0.05, 0.1) is 18.9 Å². The first-order chi connectivity index (χ1) is 8.20. The van der Waals surface area contributed by atoms with E-state index in [4.69, 9.17) is 0 Å². The molecule has 0 radical (unpaired) electrons. The second kappa shape index (κ2) is 4.00. The lowest BCUT2D eigenvalue weighted by Crippen LogP contribution is -2.39. The number of hydrogen-bond acceptors (Lipinski definition) is 3. The fraction of sp³-hybridized carbons (Fsp3) is 0.846. The van der Waals surface area contributed by atoms with Gasteiger partial charge >= 0.3 is 5.97 Å². The van der Waals surface area contributed by atoms with Crippen molar-refractivity contribution in [1.82, 2.24) is 5.32 Å².